The minimum Gasteiger partial charge on any atom is -0.383 e. The summed E-state index contributed by atoms with van der Waals surface area (Å²) in [7, 11) is 1.68. The Hall–Kier alpha value is -6.41. The Bertz CT molecular complexity index is 2830. The molecule has 5 aromatic heterocycles. The summed E-state index contributed by atoms with van der Waals surface area (Å²) in [4.78, 5) is 61.4. The standard InChI is InChI=1S/C47H57FN14O5/c1-47(2,3)62-45-36(42(49)52-26-53-45)38(55-62)39-35(41(67-57-39)30-5-6-30)43-50-23-28(24-51-43)14-21-66-22-15-34(64)60-18-9-27(10-19-60)25-59-16-11-29(12-17-59)31-7-8-32-40(37(31)48)58(4)56-44(32)61-20-13-33(63)54-46(61)65/h7-8,23-24,26-27,29-30H,5-6,9-22,25H2,1-4H3,(H2,49,52,53)(H,54,63,65). The van der Waals surface area contributed by atoms with Crippen LogP contribution in [0.4, 0.5) is 20.8 Å². The number of nitrogens with two attached hydrogens (primary N) is 1. The van der Waals surface area contributed by atoms with Crippen molar-refractivity contribution in [2.45, 2.75) is 95.9 Å². The number of amides is 4. The van der Waals surface area contributed by atoms with E-state index in [9.17, 15) is 14.4 Å². The Kier molecular flexibility index (Phi) is 11.9. The fraction of sp³-hybridized carbons (Fsp3) is 0.532. The van der Waals surface area contributed by atoms with Crippen molar-refractivity contribution < 1.29 is 28.0 Å². The number of aromatic nitrogens is 9. The zero-order chi connectivity index (χ0) is 46.6. The average Bonchev–Trinajstić information content (AvgIpc) is 3.78. The van der Waals surface area contributed by atoms with Gasteiger partial charge in [0.25, 0.3) is 0 Å². The molecule has 0 spiro atoms. The molecule has 0 radical (unpaired) electrons. The minimum absolute atomic E-state index is 0.0834. The number of nitrogen functional groups attached to an aromatic ring is 1. The van der Waals surface area contributed by atoms with Gasteiger partial charge < -0.3 is 24.8 Å². The van der Waals surface area contributed by atoms with Gasteiger partial charge in [0.1, 0.15) is 29.0 Å². The highest BCUT2D eigenvalue weighted by molar-refractivity contribution is 6.09. The lowest BCUT2D eigenvalue weighted by Crippen LogP contribution is -2.49. The van der Waals surface area contributed by atoms with Gasteiger partial charge in [0.2, 0.25) is 11.8 Å². The molecule has 352 valence electrons. The molecule has 67 heavy (non-hydrogen) atoms. The van der Waals surface area contributed by atoms with E-state index >= 15 is 4.39 Å². The first-order chi connectivity index (χ1) is 32.3. The number of hydrogen-bond acceptors (Lipinski definition) is 14. The van der Waals surface area contributed by atoms with Crippen LogP contribution in [0.5, 0.6) is 0 Å². The number of carbonyl (C=O) groups excluding carboxylic acids is 3. The van der Waals surface area contributed by atoms with Crippen molar-refractivity contribution in [3.8, 4) is 22.8 Å². The second kappa shape index (κ2) is 18.0. The van der Waals surface area contributed by atoms with Crippen molar-refractivity contribution in [1.82, 2.24) is 59.8 Å². The minimum atomic E-state index is -0.541. The Morgan fingerprint density at radius 2 is 1.69 bits per heavy atom. The van der Waals surface area contributed by atoms with E-state index < -0.39 is 6.03 Å². The van der Waals surface area contributed by atoms with E-state index in [1.807, 2.05) is 42.5 Å². The maximum atomic E-state index is 16.1. The number of aryl methyl sites for hydroxylation is 1. The monoisotopic (exact) mass is 916 g/mol. The van der Waals surface area contributed by atoms with E-state index in [1.165, 1.54) is 15.9 Å². The predicted molar refractivity (Wildman–Crippen MR) is 246 cm³/mol. The third-order valence-electron chi connectivity index (χ3n) is 13.7. The van der Waals surface area contributed by atoms with Gasteiger partial charge in [0.15, 0.2) is 28.9 Å². The summed E-state index contributed by atoms with van der Waals surface area (Å²) in [5.74, 6) is 2.22. The SMILES string of the molecule is Cn1nc(N2CCC(=O)NC2=O)c2ccc(C3CCN(CC4CCN(C(=O)CCOCCc5cnc(-c6c(-c7nn(C(C)(C)C)c8ncnc(N)c78)noc6C6CC6)nc5)CC4)CC3)c(F)c21. The maximum Gasteiger partial charge on any atom is 0.329 e. The molecule has 0 atom stereocenters. The summed E-state index contributed by atoms with van der Waals surface area (Å²) in [6, 6.07) is 3.15. The van der Waals surface area contributed by atoms with E-state index in [0.717, 1.165) is 82.6 Å². The number of likely N-dealkylation sites (tertiary alicyclic amines) is 2. The fourth-order valence-electron chi connectivity index (χ4n) is 9.90. The number of anilines is 2. The molecule has 10 rings (SSSR count). The Morgan fingerprint density at radius 1 is 0.925 bits per heavy atom. The zero-order valence-electron chi connectivity index (χ0n) is 38.5. The van der Waals surface area contributed by atoms with E-state index in [2.05, 4.69) is 30.4 Å². The molecule has 1 saturated carbocycles. The van der Waals surface area contributed by atoms with Gasteiger partial charge in [-0.1, -0.05) is 11.2 Å². The molecule has 3 saturated heterocycles. The van der Waals surface area contributed by atoms with Gasteiger partial charge in [-0.15, -0.1) is 0 Å². The Morgan fingerprint density at radius 3 is 2.40 bits per heavy atom. The molecule has 6 aromatic rings. The summed E-state index contributed by atoms with van der Waals surface area (Å²) >= 11 is 0. The zero-order valence-corrected chi connectivity index (χ0v) is 38.5. The van der Waals surface area contributed by atoms with Crippen molar-refractivity contribution in [1.29, 1.82) is 0 Å². The van der Waals surface area contributed by atoms with E-state index in [0.29, 0.717) is 93.9 Å². The number of piperidine rings is 2. The molecule has 1 aromatic carbocycles. The van der Waals surface area contributed by atoms with Crippen LogP contribution in [0.3, 0.4) is 0 Å². The van der Waals surface area contributed by atoms with Crippen LogP contribution < -0.4 is 16.0 Å². The van der Waals surface area contributed by atoms with Gasteiger partial charge in [-0.2, -0.15) is 10.2 Å². The first kappa shape index (κ1) is 44.4. The number of carbonyl (C=O) groups is 3. The molecule has 0 bridgehead atoms. The van der Waals surface area contributed by atoms with Crippen molar-refractivity contribution in [3.63, 3.8) is 0 Å². The highest BCUT2D eigenvalue weighted by atomic mass is 19.1. The molecule has 3 aliphatic heterocycles. The molecular weight excluding hydrogens is 860 g/mol. The van der Waals surface area contributed by atoms with E-state index in [1.54, 1.807) is 19.4 Å². The number of nitrogens with zero attached hydrogens (tertiary/aromatic N) is 12. The van der Waals surface area contributed by atoms with Crippen LogP contribution in [0.15, 0.2) is 35.4 Å². The van der Waals surface area contributed by atoms with Crippen LogP contribution in [-0.2, 0) is 33.3 Å². The third kappa shape index (κ3) is 8.83. The van der Waals surface area contributed by atoms with Gasteiger partial charge in [-0.05, 0) is 108 Å². The highest BCUT2D eigenvalue weighted by Gasteiger charge is 2.37. The van der Waals surface area contributed by atoms with Gasteiger partial charge >= 0.3 is 6.03 Å². The van der Waals surface area contributed by atoms with Gasteiger partial charge in [-0.3, -0.25) is 24.5 Å². The molecule has 0 unspecified atom stereocenters. The first-order valence-corrected chi connectivity index (χ1v) is 23.5. The van der Waals surface area contributed by atoms with Crippen LogP contribution in [0.25, 0.3) is 44.7 Å². The van der Waals surface area contributed by atoms with Gasteiger partial charge in [-0.25, -0.2) is 33.8 Å². The molecule has 1 aliphatic carbocycles. The predicted octanol–water partition coefficient (Wildman–Crippen LogP) is 5.69. The molecule has 3 N–H and O–H groups in total. The smallest absolute Gasteiger partial charge is 0.329 e. The summed E-state index contributed by atoms with van der Waals surface area (Å²) < 4.78 is 31.3. The second-order valence-electron chi connectivity index (χ2n) is 19.4. The molecule has 4 amide bonds. The van der Waals surface area contributed by atoms with Crippen LogP contribution >= 0.6 is 0 Å². The maximum absolute atomic E-state index is 16.1. The number of fused-ring (bicyclic) bond motifs is 2. The number of halogens is 1. The van der Waals surface area contributed by atoms with E-state index in [4.69, 9.17) is 30.1 Å². The largest absolute Gasteiger partial charge is 0.383 e. The van der Waals surface area contributed by atoms with E-state index in [-0.39, 0.29) is 48.0 Å². The summed E-state index contributed by atoms with van der Waals surface area (Å²) in [5.41, 5.74) is 10.3. The van der Waals surface area contributed by atoms with Crippen LogP contribution in [0.2, 0.25) is 0 Å². The average molecular weight is 917 g/mol. The quantitative estimate of drug-likeness (QED) is 0.133. The fourth-order valence-corrected chi connectivity index (χ4v) is 9.90. The summed E-state index contributed by atoms with van der Waals surface area (Å²) in [6.07, 6.45) is 11.7. The molecule has 20 heteroatoms. The molecule has 19 nitrogen and oxygen atoms in total. The lowest BCUT2D eigenvalue weighted by molar-refractivity contribution is -0.133. The number of nitrogens with one attached hydrogen (secondary N) is 1. The summed E-state index contributed by atoms with van der Waals surface area (Å²) in [5, 5.41) is 17.4. The lowest BCUT2D eigenvalue weighted by atomic mass is 9.87. The number of hydrogen-bond donors (Lipinski definition) is 2. The molecular formula is C47H57FN14O5. The van der Waals surface area contributed by atoms with Crippen LogP contribution in [-0.4, -0.2) is 125 Å². The molecule has 4 aliphatic rings. The van der Waals surface area contributed by atoms with Crippen molar-refractivity contribution in [2.24, 2.45) is 13.0 Å². The van der Waals surface area contributed by atoms with Crippen molar-refractivity contribution in [2.75, 3.05) is 63.1 Å². The van der Waals surface area contributed by atoms with Gasteiger partial charge in [0.05, 0.1) is 36.1 Å². The normalized spacial score (nSPS) is 18.2. The first-order valence-electron chi connectivity index (χ1n) is 23.5. The summed E-state index contributed by atoms with van der Waals surface area (Å²) in [6.45, 7) is 11.3. The second-order valence-corrected chi connectivity index (χ2v) is 19.4. The highest BCUT2D eigenvalue weighted by Crippen LogP contribution is 2.48. The lowest BCUT2D eigenvalue weighted by Gasteiger charge is -2.38. The number of urea groups is 1. The van der Waals surface area contributed by atoms with Crippen LogP contribution in [0, 0.1) is 11.7 Å². The number of rotatable bonds is 13. The van der Waals surface area contributed by atoms with Crippen molar-refractivity contribution in [3.05, 3.63) is 53.6 Å². The van der Waals surface area contributed by atoms with Crippen LogP contribution in [0.1, 0.15) is 101 Å². The third-order valence-corrected chi connectivity index (χ3v) is 13.7. The molecule has 8 heterocycles. The van der Waals surface area contributed by atoms with Crippen molar-refractivity contribution >= 4 is 51.4 Å². The number of benzene rings is 1. The Balaban J connectivity index is 0.669. The number of imide groups is 1. The Labute approximate surface area is 386 Å². The molecule has 4 fully saturated rings. The number of ether oxygens (including phenoxy) is 1. The van der Waals surface area contributed by atoms with Gasteiger partial charge in [0, 0.05) is 63.3 Å². The topological polar surface area (TPSA) is 221 Å².